The molecule has 0 unspecified atom stereocenters. The number of hydrogen-bond acceptors (Lipinski definition) is 8. The van der Waals surface area contributed by atoms with E-state index in [0.29, 0.717) is 25.1 Å². The van der Waals surface area contributed by atoms with Crippen LogP contribution in [0.25, 0.3) is 11.1 Å². The largest absolute Gasteiger partial charge is 0.464 e. The van der Waals surface area contributed by atoms with Crippen molar-refractivity contribution in [3.8, 4) is 11.1 Å². The smallest absolute Gasteiger partial charge is 0.437 e. The number of amides is 1. The number of hydrogen-bond donors (Lipinski definition) is 2. The molecule has 2 heterocycles. The Hall–Kier alpha value is -3.73. The van der Waals surface area contributed by atoms with Crippen molar-refractivity contribution >= 4 is 24.0 Å². The Kier molecular flexibility index (Phi) is 9.15. The second-order valence-corrected chi connectivity index (χ2v) is 7.81. The molecule has 0 atom stereocenters. The minimum absolute atomic E-state index is 0.00146. The van der Waals surface area contributed by atoms with Crippen molar-refractivity contribution in [3.63, 3.8) is 0 Å². The zero-order valence-corrected chi connectivity index (χ0v) is 19.2. The number of piperidine rings is 1. The number of guanidine groups is 1. The Morgan fingerprint density at radius 1 is 1.12 bits per heavy atom. The van der Waals surface area contributed by atoms with E-state index in [1.54, 1.807) is 19.3 Å². The van der Waals surface area contributed by atoms with Crippen LogP contribution in [-0.2, 0) is 25.6 Å². The third-order valence-corrected chi connectivity index (χ3v) is 5.26. The quantitative estimate of drug-likeness (QED) is 0.315. The van der Waals surface area contributed by atoms with E-state index in [4.69, 9.17) is 25.7 Å². The van der Waals surface area contributed by atoms with Gasteiger partial charge in [0.2, 0.25) is 5.95 Å². The monoisotopic (exact) mass is 470 g/mol. The van der Waals surface area contributed by atoms with E-state index in [2.05, 4.69) is 19.9 Å². The molecule has 1 aliphatic heterocycles. The third kappa shape index (κ3) is 7.69. The van der Waals surface area contributed by atoms with E-state index in [0.717, 1.165) is 42.6 Å². The summed E-state index contributed by atoms with van der Waals surface area (Å²) in [4.78, 5) is 37.4. The van der Waals surface area contributed by atoms with Crippen LogP contribution in [0.1, 0.15) is 25.3 Å². The Balaban J connectivity index is 1.49. The second-order valence-electron chi connectivity index (χ2n) is 7.81. The lowest BCUT2D eigenvalue weighted by atomic mass is 9.98. The summed E-state index contributed by atoms with van der Waals surface area (Å²) in [6.45, 7) is 4.37. The van der Waals surface area contributed by atoms with Crippen molar-refractivity contribution in [2.45, 2.75) is 26.4 Å². The molecule has 4 N–H and O–H groups in total. The minimum atomic E-state index is -0.840. The lowest BCUT2D eigenvalue weighted by Gasteiger charge is -2.31. The number of aliphatic imine (C=N–C) groups is 1. The van der Waals surface area contributed by atoms with Gasteiger partial charge in [-0.3, -0.25) is 0 Å². The maximum atomic E-state index is 11.5. The first-order valence-electron chi connectivity index (χ1n) is 11.1. The van der Waals surface area contributed by atoms with E-state index in [1.807, 2.05) is 24.3 Å². The molecule has 1 aromatic heterocycles. The topological polar surface area (TPSA) is 155 Å². The van der Waals surface area contributed by atoms with Crippen molar-refractivity contribution in [2.24, 2.45) is 22.4 Å². The number of aromatic nitrogens is 2. The predicted octanol–water partition coefficient (Wildman–Crippen LogP) is 1.85. The molecule has 0 aliphatic carbocycles. The molecule has 1 amide bonds. The van der Waals surface area contributed by atoms with Crippen LogP contribution < -0.4 is 16.4 Å². The Morgan fingerprint density at radius 3 is 2.53 bits per heavy atom. The molecular weight excluding hydrogens is 440 g/mol. The van der Waals surface area contributed by atoms with Gasteiger partial charge in [-0.2, -0.15) is 0 Å². The van der Waals surface area contributed by atoms with Gasteiger partial charge in [0, 0.05) is 31.0 Å². The van der Waals surface area contributed by atoms with Crippen molar-refractivity contribution in [2.75, 3.05) is 37.8 Å². The van der Waals surface area contributed by atoms with Crippen LogP contribution >= 0.6 is 0 Å². The van der Waals surface area contributed by atoms with Gasteiger partial charge in [0.1, 0.15) is 13.2 Å². The molecule has 0 saturated carbocycles. The molecular formula is C23H30N6O5. The number of nitrogens with two attached hydrogens (primary N) is 2. The fraction of sp³-hybridized carbons (Fsp3) is 0.435. The Morgan fingerprint density at radius 2 is 1.85 bits per heavy atom. The molecule has 0 radical (unpaired) electrons. The highest BCUT2D eigenvalue weighted by atomic mass is 16.6. The molecule has 11 heteroatoms. The number of rotatable bonds is 9. The SMILES string of the molecule is CCOC(=O)COCC1CCN(c2ncc(-c3cccc(COC(=O)N=C(N)N)c3)cn2)CC1. The van der Waals surface area contributed by atoms with Crippen LogP contribution in [0.4, 0.5) is 10.7 Å². The second kappa shape index (κ2) is 12.5. The van der Waals surface area contributed by atoms with E-state index in [1.165, 1.54) is 0 Å². The first-order valence-corrected chi connectivity index (χ1v) is 11.1. The Labute approximate surface area is 198 Å². The van der Waals surface area contributed by atoms with Crippen molar-refractivity contribution in [1.82, 2.24) is 9.97 Å². The van der Waals surface area contributed by atoms with Crippen molar-refractivity contribution in [3.05, 3.63) is 42.2 Å². The minimum Gasteiger partial charge on any atom is -0.464 e. The number of benzene rings is 1. The third-order valence-electron chi connectivity index (χ3n) is 5.26. The predicted molar refractivity (Wildman–Crippen MR) is 126 cm³/mol. The summed E-state index contributed by atoms with van der Waals surface area (Å²) in [6.07, 6.45) is 4.60. The summed E-state index contributed by atoms with van der Waals surface area (Å²) in [6, 6.07) is 7.52. The van der Waals surface area contributed by atoms with Gasteiger partial charge in [-0.15, -0.1) is 4.99 Å². The van der Waals surface area contributed by atoms with Crippen LogP contribution in [0.3, 0.4) is 0 Å². The van der Waals surface area contributed by atoms with Gasteiger partial charge >= 0.3 is 12.1 Å². The lowest BCUT2D eigenvalue weighted by molar-refractivity contribution is -0.148. The number of carbonyl (C=O) groups is 2. The first kappa shape index (κ1) is 24.9. The number of nitrogens with zero attached hydrogens (tertiary/aromatic N) is 4. The summed E-state index contributed by atoms with van der Waals surface area (Å²) in [7, 11) is 0. The fourth-order valence-electron chi connectivity index (χ4n) is 3.57. The molecule has 2 aromatic rings. The van der Waals surface area contributed by atoms with Gasteiger partial charge in [0.05, 0.1) is 13.2 Å². The maximum Gasteiger partial charge on any atom is 0.437 e. The number of carbonyl (C=O) groups excluding carboxylic acids is 2. The van der Waals surface area contributed by atoms with E-state index < -0.39 is 6.09 Å². The van der Waals surface area contributed by atoms with Gasteiger partial charge in [0.15, 0.2) is 5.96 Å². The highest BCUT2D eigenvalue weighted by molar-refractivity contribution is 5.87. The lowest BCUT2D eigenvalue weighted by Crippen LogP contribution is -2.36. The molecule has 0 spiro atoms. The van der Waals surface area contributed by atoms with Crippen LogP contribution in [-0.4, -0.2) is 60.9 Å². The molecule has 182 valence electrons. The average Bonchev–Trinajstić information content (AvgIpc) is 2.83. The van der Waals surface area contributed by atoms with Crippen molar-refractivity contribution < 1.29 is 23.8 Å². The summed E-state index contributed by atoms with van der Waals surface area (Å²) in [5.41, 5.74) is 12.9. The molecule has 1 saturated heterocycles. The summed E-state index contributed by atoms with van der Waals surface area (Å²) < 4.78 is 15.4. The summed E-state index contributed by atoms with van der Waals surface area (Å²) >= 11 is 0. The van der Waals surface area contributed by atoms with Gasteiger partial charge < -0.3 is 30.6 Å². The first-order chi connectivity index (χ1) is 16.4. The molecule has 1 aromatic carbocycles. The number of anilines is 1. The Bertz CT molecular complexity index is 986. The summed E-state index contributed by atoms with van der Waals surface area (Å²) in [5, 5.41) is 0. The maximum absolute atomic E-state index is 11.5. The highest BCUT2D eigenvalue weighted by Gasteiger charge is 2.21. The van der Waals surface area contributed by atoms with Crippen LogP contribution in [0.15, 0.2) is 41.7 Å². The molecule has 0 bridgehead atoms. The highest BCUT2D eigenvalue weighted by Crippen LogP contribution is 2.24. The van der Waals surface area contributed by atoms with Gasteiger partial charge in [0.25, 0.3) is 0 Å². The molecule has 11 nitrogen and oxygen atoms in total. The average molecular weight is 471 g/mol. The zero-order valence-electron chi connectivity index (χ0n) is 19.2. The zero-order chi connectivity index (χ0) is 24.3. The van der Waals surface area contributed by atoms with Crippen LogP contribution in [0.5, 0.6) is 0 Å². The molecule has 34 heavy (non-hydrogen) atoms. The van der Waals surface area contributed by atoms with Crippen molar-refractivity contribution in [1.29, 1.82) is 0 Å². The number of esters is 1. The van der Waals surface area contributed by atoms with Crippen LogP contribution in [0.2, 0.25) is 0 Å². The molecule has 3 rings (SSSR count). The molecule has 1 fully saturated rings. The fourth-order valence-corrected chi connectivity index (χ4v) is 3.57. The van der Waals surface area contributed by atoms with Gasteiger partial charge in [-0.25, -0.2) is 19.6 Å². The van der Waals surface area contributed by atoms with E-state index in [-0.39, 0.29) is 25.1 Å². The van der Waals surface area contributed by atoms with Gasteiger partial charge in [-0.1, -0.05) is 18.2 Å². The van der Waals surface area contributed by atoms with Gasteiger partial charge in [-0.05, 0) is 42.9 Å². The van der Waals surface area contributed by atoms with E-state index >= 15 is 0 Å². The van der Waals surface area contributed by atoms with Crippen LogP contribution in [0, 0.1) is 5.92 Å². The summed E-state index contributed by atoms with van der Waals surface area (Å²) in [5.74, 6) is 0.402. The standard InChI is InChI=1S/C23H30N6O5/c1-2-33-20(30)15-32-13-16-6-8-29(9-7-16)22-26-11-19(12-27-22)18-5-3-4-17(10-18)14-34-23(31)28-21(24)25/h3-5,10-12,16H,2,6-9,13-15H2,1H3,(H4,24,25,28,31). The normalized spacial score (nSPS) is 13.9. The van der Waals surface area contributed by atoms with E-state index in [9.17, 15) is 9.59 Å². The number of ether oxygens (including phenoxy) is 3. The molecule has 1 aliphatic rings.